The molecule has 1 rings (SSSR count). The molecule has 0 fully saturated rings. The molecule has 0 bridgehead atoms. The fourth-order valence-corrected chi connectivity index (χ4v) is 3.64. The minimum atomic E-state index is -3.59. The summed E-state index contributed by atoms with van der Waals surface area (Å²) in [7, 11) is -1.91. The summed E-state index contributed by atoms with van der Waals surface area (Å²) in [4.78, 5) is 3.97. The summed E-state index contributed by atoms with van der Waals surface area (Å²) in [5.74, 6) is 0.330. The minimum Gasteiger partial charge on any atom is -0.386 e. The molecule has 0 spiro atoms. The van der Waals surface area contributed by atoms with Gasteiger partial charge >= 0.3 is 0 Å². The van der Waals surface area contributed by atoms with Crippen LogP contribution in [-0.4, -0.2) is 26.5 Å². The normalized spacial score (nSPS) is 13.5. The van der Waals surface area contributed by atoms with Gasteiger partial charge in [0.15, 0.2) is 5.03 Å². The zero-order valence-electron chi connectivity index (χ0n) is 12.0. The Morgan fingerprint density at radius 2 is 1.95 bits per heavy atom. The number of rotatable bonds is 7. The SMILES string of the molecule is CCC(CC)C(C)NS(=O)(=O)c1ncccc1NC. The van der Waals surface area contributed by atoms with Crippen LogP contribution in [0.15, 0.2) is 23.4 Å². The topological polar surface area (TPSA) is 71.1 Å². The molecule has 108 valence electrons. The Morgan fingerprint density at radius 1 is 1.32 bits per heavy atom. The van der Waals surface area contributed by atoms with E-state index in [1.807, 2.05) is 6.92 Å². The van der Waals surface area contributed by atoms with E-state index < -0.39 is 10.0 Å². The van der Waals surface area contributed by atoms with Crippen molar-refractivity contribution in [1.82, 2.24) is 9.71 Å². The average Bonchev–Trinajstić information content (AvgIpc) is 2.39. The summed E-state index contributed by atoms with van der Waals surface area (Å²) in [6, 6.07) is 3.30. The van der Waals surface area contributed by atoms with Gasteiger partial charge in [-0.15, -0.1) is 0 Å². The first-order chi connectivity index (χ1) is 8.96. The second-order valence-corrected chi connectivity index (χ2v) is 6.22. The zero-order valence-corrected chi connectivity index (χ0v) is 12.8. The van der Waals surface area contributed by atoms with Crippen molar-refractivity contribution in [2.24, 2.45) is 5.92 Å². The molecule has 1 aromatic heterocycles. The van der Waals surface area contributed by atoms with E-state index in [1.54, 1.807) is 19.2 Å². The van der Waals surface area contributed by atoms with Gasteiger partial charge in [-0.05, 0) is 25.0 Å². The second-order valence-electron chi connectivity index (χ2n) is 4.59. The molecule has 1 heterocycles. The van der Waals surface area contributed by atoms with Crippen LogP contribution in [0.2, 0.25) is 0 Å². The van der Waals surface area contributed by atoms with Crippen molar-refractivity contribution in [2.75, 3.05) is 12.4 Å². The van der Waals surface area contributed by atoms with E-state index in [0.717, 1.165) is 12.8 Å². The highest BCUT2D eigenvalue weighted by Crippen LogP contribution is 2.20. The van der Waals surface area contributed by atoms with Crippen molar-refractivity contribution in [3.8, 4) is 0 Å². The summed E-state index contributed by atoms with van der Waals surface area (Å²) in [5.41, 5.74) is 0.506. The Morgan fingerprint density at radius 3 is 2.47 bits per heavy atom. The van der Waals surface area contributed by atoms with Gasteiger partial charge in [0.2, 0.25) is 0 Å². The molecule has 0 saturated heterocycles. The second kappa shape index (κ2) is 6.86. The van der Waals surface area contributed by atoms with Crippen LogP contribution in [0.1, 0.15) is 33.6 Å². The van der Waals surface area contributed by atoms with Crippen LogP contribution in [0, 0.1) is 5.92 Å². The molecule has 0 aromatic carbocycles. The van der Waals surface area contributed by atoms with Gasteiger partial charge in [0.05, 0.1) is 5.69 Å². The summed E-state index contributed by atoms with van der Waals surface area (Å²) in [6.07, 6.45) is 3.37. The summed E-state index contributed by atoms with van der Waals surface area (Å²) < 4.78 is 27.4. The molecule has 0 aliphatic rings. The van der Waals surface area contributed by atoms with Crippen molar-refractivity contribution in [2.45, 2.75) is 44.7 Å². The third-order valence-electron chi connectivity index (χ3n) is 3.39. The van der Waals surface area contributed by atoms with E-state index in [0.29, 0.717) is 11.6 Å². The fraction of sp³-hybridized carbons (Fsp3) is 0.615. The van der Waals surface area contributed by atoms with Crippen molar-refractivity contribution in [3.63, 3.8) is 0 Å². The van der Waals surface area contributed by atoms with Gasteiger partial charge in [0.1, 0.15) is 0 Å². The van der Waals surface area contributed by atoms with Crippen molar-refractivity contribution in [3.05, 3.63) is 18.3 Å². The van der Waals surface area contributed by atoms with Crippen LogP contribution in [0.4, 0.5) is 5.69 Å². The molecule has 19 heavy (non-hydrogen) atoms. The Balaban J connectivity index is 2.98. The van der Waals surface area contributed by atoms with Crippen molar-refractivity contribution >= 4 is 15.7 Å². The first-order valence-electron chi connectivity index (χ1n) is 6.61. The zero-order chi connectivity index (χ0) is 14.5. The van der Waals surface area contributed by atoms with Gasteiger partial charge in [-0.1, -0.05) is 26.7 Å². The number of nitrogens with one attached hydrogen (secondary N) is 2. The Labute approximate surface area is 115 Å². The molecule has 0 aliphatic carbocycles. The lowest BCUT2D eigenvalue weighted by Crippen LogP contribution is -2.38. The summed E-state index contributed by atoms with van der Waals surface area (Å²) >= 11 is 0. The molecule has 1 atom stereocenters. The highest BCUT2D eigenvalue weighted by atomic mass is 32.2. The lowest BCUT2D eigenvalue weighted by atomic mass is 9.96. The molecular weight excluding hydrogens is 262 g/mol. The molecule has 0 amide bonds. The minimum absolute atomic E-state index is 0.0512. The molecule has 6 heteroatoms. The van der Waals surface area contributed by atoms with Crippen LogP contribution in [0.25, 0.3) is 0 Å². The smallest absolute Gasteiger partial charge is 0.260 e. The first-order valence-corrected chi connectivity index (χ1v) is 8.09. The number of nitrogens with zero attached hydrogens (tertiary/aromatic N) is 1. The third-order valence-corrected chi connectivity index (χ3v) is 4.91. The average molecular weight is 285 g/mol. The number of hydrogen-bond acceptors (Lipinski definition) is 4. The summed E-state index contributed by atoms with van der Waals surface area (Å²) in [5, 5.41) is 2.90. The van der Waals surface area contributed by atoms with Gasteiger partial charge in [-0.3, -0.25) is 0 Å². The highest BCUT2D eigenvalue weighted by Gasteiger charge is 2.24. The van der Waals surface area contributed by atoms with Crippen molar-refractivity contribution < 1.29 is 8.42 Å². The van der Waals surface area contributed by atoms with E-state index in [-0.39, 0.29) is 11.1 Å². The van der Waals surface area contributed by atoms with E-state index in [4.69, 9.17) is 0 Å². The maximum absolute atomic E-state index is 12.3. The molecule has 1 unspecified atom stereocenters. The van der Waals surface area contributed by atoms with Gasteiger partial charge < -0.3 is 5.32 Å². The largest absolute Gasteiger partial charge is 0.386 e. The molecule has 1 aromatic rings. The Hall–Kier alpha value is -1.14. The molecule has 0 aliphatic heterocycles. The predicted molar refractivity (Wildman–Crippen MR) is 77.6 cm³/mol. The third kappa shape index (κ3) is 3.91. The standard InChI is InChI=1S/C13H23N3O2S/c1-5-11(6-2)10(3)16-19(17,18)13-12(14-4)8-7-9-15-13/h7-11,14,16H,5-6H2,1-4H3. The van der Waals surface area contributed by atoms with Crippen LogP contribution in [-0.2, 0) is 10.0 Å². The quantitative estimate of drug-likeness (QED) is 0.806. The van der Waals surface area contributed by atoms with E-state index in [1.165, 1.54) is 6.20 Å². The molecule has 0 radical (unpaired) electrons. The predicted octanol–water partition coefficient (Wildman–Crippen LogP) is 2.23. The van der Waals surface area contributed by atoms with Crippen LogP contribution >= 0.6 is 0 Å². The first kappa shape index (κ1) is 15.9. The van der Waals surface area contributed by atoms with E-state index in [9.17, 15) is 8.42 Å². The molecule has 0 saturated carbocycles. The van der Waals surface area contributed by atoms with Crippen molar-refractivity contribution in [1.29, 1.82) is 0 Å². The number of anilines is 1. The Kier molecular flexibility index (Phi) is 5.75. The lowest BCUT2D eigenvalue weighted by Gasteiger charge is -2.22. The maximum Gasteiger partial charge on any atom is 0.260 e. The Bertz CT molecular complexity index is 498. The number of pyridine rings is 1. The fourth-order valence-electron chi connectivity index (χ4n) is 2.19. The monoisotopic (exact) mass is 285 g/mol. The lowest BCUT2D eigenvalue weighted by molar-refractivity contribution is 0.390. The number of aromatic nitrogens is 1. The van der Waals surface area contributed by atoms with Crippen LogP contribution in [0.3, 0.4) is 0 Å². The molecule has 5 nitrogen and oxygen atoms in total. The van der Waals surface area contributed by atoms with Crippen LogP contribution < -0.4 is 10.0 Å². The van der Waals surface area contributed by atoms with Crippen LogP contribution in [0.5, 0.6) is 0 Å². The maximum atomic E-state index is 12.3. The van der Waals surface area contributed by atoms with Gasteiger partial charge in [-0.25, -0.2) is 18.1 Å². The van der Waals surface area contributed by atoms with Gasteiger partial charge in [-0.2, -0.15) is 0 Å². The van der Waals surface area contributed by atoms with E-state index in [2.05, 4.69) is 28.9 Å². The number of hydrogen-bond donors (Lipinski definition) is 2. The van der Waals surface area contributed by atoms with Gasteiger partial charge in [0, 0.05) is 19.3 Å². The molecule has 2 N–H and O–H groups in total. The summed E-state index contributed by atoms with van der Waals surface area (Å²) in [6.45, 7) is 6.04. The number of sulfonamides is 1. The van der Waals surface area contributed by atoms with Gasteiger partial charge in [0.25, 0.3) is 10.0 Å². The highest BCUT2D eigenvalue weighted by molar-refractivity contribution is 7.89. The molecular formula is C13H23N3O2S. The van der Waals surface area contributed by atoms with E-state index >= 15 is 0 Å².